The molecule has 3 heterocycles. The molecule has 0 saturated carbocycles. The van der Waals surface area contributed by atoms with Crippen molar-refractivity contribution in [2.45, 2.75) is 13.8 Å². The molecular formula is C14H10N2O4S2. The SMILES string of the molecule is C[CH][CH]n1c(=O)c2sc3c(=O)n([CH][CH]C)c(=O)c3sc2c1=O. The van der Waals surface area contributed by atoms with Crippen molar-refractivity contribution in [3.05, 3.63) is 67.3 Å². The second-order valence-corrected chi connectivity index (χ2v) is 6.49. The first kappa shape index (κ1) is 15.1. The van der Waals surface area contributed by atoms with Crippen LogP contribution in [-0.4, -0.2) is 9.13 Å². The molecule has 4 radical (unpaired) electrons. The molecule has 3 aromatic rings. The third-order valence-electron chi connectivity index (χ3n) is 3.07. The zero-order valence-corrected chi connectivity index (χ0v) is 13.3. The van der Waals surface area contributed by atoms with Crippen LogP contribution in [0, 0.1) is 25.9 Å². The minimum Gasteiger partial charge on any atom is -0.268 e. The second kappa shape index (κ2) is 5.44. The third-order valence-corrected chi connectivity index (χ3v) is 5.66. The minimum atomic E-state index is -0.466. The van der Waals surface area contributed by atoms with E-state index < -0.39 is 22.2 Å². The van der Waals surface area contributed by atoms with Crippen molar-refractivity contribution in [2.75, 3.05) is 0 Å². The van der Waals surface area contributed by atoms with Crippen LogP contribution in [0.25, 0.3) is 18.8 Å². The smallest absolute Gasteiger partial charge is 0.268 e. The van der Waals surface area contributed by atoms with Crippen molar-refractivity contribution in [2.24, 2.45) is 0 Å². The van der Waals surface area contributed by atoms with Gasteiger partial charge in [0.05, 0.1) is 13.1 Å². The average Bonchev–Trinajstić information content (AvgIpc) is 2.88. The van der Waals surface area contributed by atoms with E-state index in [1.54, 1.807) is 26.7 Å². The summed E-state index contributed by atoms with van der Waals surface area (Å²) in [5.74, 6) is 0. The summed E-state index contributed by atoms with van der Waals surface area (Å²) in [7, 11) is 0. The molecule has 0 aliphatic heterocycles. The molecule has 22 heavy (non-hydrogen) atoms. The van der Waals surface area contributed by atoms with E-state index in [9.17, 15) is 19.2 Å². The van der Waals surface area contributed by atoms with Crippen LogP contribution in [-0.2, 0) is 0 Å². The highest BCUT2D eigenvalue weighted by Crippen LogP contribution is 2.26. The molecule has 0 aliphatic carbocycles. The Morgan fingerprint density at radius 1 is 0.636 bits per heavy atom. The topological polar surface area (TPSA) is 78.1 Å². The van der Waals surface area contributed by atoms with Crippen molar-refractivity contribution in [1.82, 2.24) is 9.13 Å². The van der Waals surface area contributed by atoms with Crippen LogP contribution < -0.4 is 22.2 Å². The number of nitrogens with zero attached hydrogens (tertiary/aromatic N) is 2. The van der Waals surface area contributed by atoms with Crippen molar-refractivity contribution in [1.29, 1.82) is 0 Å². The molecule has 0 aromatic carbocycles. The molecule has 0 saturated heterocycles. The molecule has 0 amide bonds. The summed E-state index contributed by atoms with van der Waals surface area (Å²) in [6.45, 7) is 6.15. The van der Waals surface area contributed by atoms with Crippen LogP contribution in [0.15, 0.2) is 19.2 Å². The van der Waals surface area contributed by atoms with Crippen molar-refractivity contribution < 1.29 is 0 Å². The molecule has 0 aliphatic rings. The fourth-order valence-electron chi connectivity index (χ4n) is 2.14. The molecular weight excluding hydrogens is 324 g/mol. The van der Waals surface area contributed by atoms with Gasteiger partial charge in [-0.25, -0.2) is 0 Å². The van der Waals surface area contributed by atoms with Crippen LogP contribution in [0.1, 0.15) is 13.8 Å². The summed E-state index contributed by atoms with van der Waals surface area (Å²) in [6, 6.07) is 0. The molecule has 3 rings (SSSR count). The lowest BCUT2D eigenvalue weighted by atomic mass is 10.5. The average molecular weight is 334 g/mol. The monoisotopic (exact) mass is 334 g/mol. The zero-order chi connectivity index (χ0) is 16.0. The largest absolute Gasteiger partial charge is 0.272 e. The van der Waals surface area contributed by atoms with Gasteiger partial charge in [0.25, 0.3) is 22.2 Å². The van der Waals surface area contributed by atoms with Crippen molar-refractivity contribution >= 4 is 41.5 Å². The summed E-state index contributed by atoms with van der Waals surface area (Å²) in [6.07, 6.45) is 3.16. The summed E-state index contributed by atoms with van der Waals surface area (Å²) in [4.78, 5) is 49.0. The molecule has 8 heteroatoms. The first-order chi connectivity index (χ1) is 10.5. The van der Waals surface area contributed by atoms with Crippen LogP contribution in [0.4, 0.5) is 0 Å². The van der Waals surface area contributed by atoms with E-state index in [0.29, 0.717) is 0 Å². The highest BCUT2D eigenvalue weighted by molar-refractivity contribution is 7.36. The van der Waals surface area contributed by atoms with E-state index in [0.717, 1.165) is 31.8 Å². The van der Waals surface area contributed by atoms with Gasteiger partial charge < -0.3 is 0 Å². The Bertz CT molecular complexity index is 924. The second-order valence-electron chi connectivity index (χ2n) is 4.45. The Morgan fingerprint density at radius 2 is 0.909 bits per heavy atom. The van der Waals surface area contributed by atoms with Gasteiger partial charge in [-0.2, -0.15) is 0 Å². The molecule has 0 spiro atoms. The lowest BCUT2D eigenvalue weighted by Gasteiger charge is -1.92. The van der Waals surface area contributed by atoms with Crippen LogP contribution >= 0.6 is 22.7 Å². The molecule has 0 atom stereocenters. The maximum atomic E-state index is 12.2. The quantitative estimate of drug-likeness (QED) is 0.715. The Hall–Kier alpha value is -1.80. The van der Waals surface area contributed by atoms with Gasteiger partial charge in [0, 0.05) is 0 Å². The van der Waals surface area contributed by atoms with Gasteiger partial charge in [0.1, 0.15) is 18.8 Å². The molecule has 0 unspecified atom stereocenters. The van der Waals surface area contributed by atoms with Crippen molar-refractivity contribution in [3.63, 3.8) is 0 Å². The molecule has 0 N–H and O–H groups in total. The Labute approximate surface area is 132 Å². The summed E-state index contributed by atoms with van der Waals surface area (Å²) in [5.41, 5.74) is -1.86. The minimum absolute atomic E-state index is 0.204. The van der Waals surface area contributed by atoms with Gasteiger partial charge >= 0.3 is 0 Å². The fraction of sp³-hybridized carbons (Fsp3) is 0.143. The van der Waals surface area contributed by atoms with Gasteiger partial charge in [0.15, 0.2) is 0 Å². The number of rotatable bonds is 4. The number of hydrogen-bond donors (Lipinski definition) is 0. The first-order valence-corrected chi connectivity index (χ1v) is 8.00. The molecule has 112 valence electrons. The van der Waals surface area contributed by atoms with E-state index in [-0.39, 0.29) is 18.8 Å². The first-order valence-electron chi connectivity index (χ1n) is 6.37. The van der Waals surface area contributed by atoms with Crippen LogP contribution in [0.2, 0.25) is 0 Å². The summed E-state index contributed by atoms with van der Waals surface area (Å²) >= 11 is 1.80. The highest BCUT2D eigenvalue weighted by Gasteiger charge is 2.20. The number of aromatic nitrogens is 2. The zero-order valence-electron chi connectivity index (χ0n) is 11.7. The maximum Gasteiger partial charge on any atom is 0.272 e. The van der Waals surface area contributed by atoms with E-state index in [1.807, 2.05) is 0 Å². The molecule has 3 aromatic heterocycles. The highest BCUT2D eigenvalue weighted by atomic mass is 32.1. The van der Waals surface area contributed by atoms with Gasteiger partial charge in [-0.3, -0.25) is 28.3 Å². The van der Waals surface area contributed by atoms with Crippen LogP contribution in [0.5, 0.6) is 0 Å². The van der Waals surface area contributed by atoms with Gasteiger partial charge in [-0.1, -0.05) is 13.8 Å². The summed E-state index contributed by atoms with van der Waals surface area (Å²) in [5, 5.41) is 0. The van der Waals surface area contributed by atoms with Crippen molar-refractivity contribution in [3.8, 4) is 0 Å². The Kier molecular flexibility index (Phi) is 3.73. The Balaban J connectivity index is 2.47. The number of fused-ring (bicyclic) bond motifs is 2. The predicted octanol–water partition coefficient (Wildman–Crippen LogP) is 1.07. The lowest BCUT2D eigenvalue weighted by Crippen LogP contribution is -2.24. The van der Waals surface area contributed by atoms with E-state index in [4.69, 9.17) is 0 Å². The van der Waals surface area contributed by atoms with Crippen LogP contribution in [0.3, 0.4) is 0 Å². The Morgan fingerprint density at radius 3 is 1.14 bits per heavy atom. The predicted molar refractivity (Wildman–Crippen MR) is 88.8 cm³/mol. The number of hydrogen-bond acceptors (Lipinski definition) is 6. The maximum absolute atomic E-state index is 12.2. The fourth-order valence-corrected chi connectivity index (χ4v) is 4.51. The molecule has 6 nitrogen and oxygen atoms in total. The normalized spacial score (nSPS) is 11.7. The van der Waals surface area contributed by atoms with Gasteiger partial charge in [-0.05, 0) is 12.8 Å². The van der Waals surface area contributed by atoms with E-state index in [1.165, 1.54) is 13.1 Å². The van der Waals surface area contributed by atoms with E-state index in [2.05, 4.69) is 0 Å². The summed E-state index contributed by atoms with van der Waals surface area (Å²) < 4.78 is 2.80. The third kappa shape index (κ3) is 1.98. The lowest BCUT2D eigenvalue weighted by molar-refractivity contribution is 0.907. The van der Waals surface area contributed by atoms with E-state index >= 15 is 0 Å². The molecule has 0 fully saturated rings. The van der Waals surface area contributed by atoms with Gasteiger partial charge in [-0.15, -0.1) is 22.7 Å². The standard InChI is InChI=1S/C14H10N2O4S2/c1-3-5-15-11(17)7-8(12(15)18)22-10-9(21-7)13(19)16(6-4-2)14(10)20/h3-6H,1-2H3. The van der Waals surface area contributed by atoms with Gasteiger partial charge in [0.2, 0.25) is 0 Å². The molecule has 0 bridgehead atoms.